The number of rotatable bonds is 2. The van der Waals surface area contributed by atoms with Crippen LogP contribution < -0.4 is 15.4 Å². The maximum atomic E-state index is 13.6. The van der Waals surface area contributed by atoms with Gasteiger partial charge in [-0.15, -0.1) is 0 Å². The van der Waals surface area contributed by atoms with Crippen LogP contribution in [-0.4, -0.2) is 15.6 Å². The molecule has 1 aliphatic rings. The summed E-state index contributed by atoms with van der Waals surface area (Å²) in [5, 5.41) is 11.6. The van der Waals surface area contributed by atoms with Crippen LogP contribution in [0.25, 0.3) is 11.3 Å². The van der Waals surface area contributed by atoms with Crippen LogP contribution in [0.15, 0.2) is 46.2 Å². The third-order valence-corrected chi connectivity index (χ3v) is 5.53. The highest BCUT2D eigenvalue weighted by atomic mass is 35.5. The number of nitrogens with zero attached hydrogens (tertiary/aromatic N) is 2. The number of amides is 1. The van der Waals surface area contributed by atoms with Crippen LogP contribution >= 0.6 is 34.5 Å². The van der Waals surface area contributed by atoms with Crippen LogP contribution in [0.1, 0.15) is 4.88 Å². The van der Waals surface area contributed by atoms with Crippen molar-refractivity contribution in [3.8, 4) is 11.6 Å². The fraction of sp³-hybridized carbons (Fsp3) is 0. The van der Waals surface area contributed by atoms with Gasteiger partial charge >= 0.3 is 4.87 Å². The quantitative estimate of drug-likeness (QED) is 0.707. The normalized spacial score (nSPS) is 13.0. The molecule has 4 rings (SSSR count). The van der Waals surface area contributed by atoms with Gasteiger partial charge in [0.25, 0.3) is 5.91 Å². The number of halogens is 3. The lowest BCUT2D eigenvalue weighted by Crippen LogP contribution is -2.23. The zero-order chi connectivity index (χ0) is 18.6. The first-order chi connectivity index (χ1) is 12.4. The first-order valence-corrected chi connectivity index (χ1v) is 8.77. The van der Waals surface area contributed by atoms with Gasteiger partial charge in [0.05, 0.1) is 26.7 Å². The summed E-state index contributed by atoms with van der Waals surface area (Å²) >= 11 is 12.5. The van der Waals surface area contributed by atoms with Crippen molar-refractivity contribution in [1.29, 1.82) is 0 Å². The number of fused-ring (bicyclic) bond motifs is 1. The lowest BCUT2D eigenvalue weighted by molar-refractivity contribution is -0.112. The van der Waals surface area contributed by atoms with Gasteiger partial charge in [-0.2, -0.15) is 0 Å². The minimum atomic E-state index is -0.650. The summed E-state index contributed by atoms with van der Waals surface area (Å²) in [6.45, 7) is 0. The van der Waals surface area contributed by atoms with Crippen molar-refractivity contribution >= 4 is 46.0 Å². The van der Waals surface area contributed by atoms with Crippen molar-refractivity contribution in [2.24, 2.45) is 4.99 Å². The Morgan fingerprint density at radius 1 is 1.08 bits per heavy atom. The van der Waals surface area contributed by atoms with Crippen molar-refractivity contribution < 1.29 is 14.3 Å². The van der Waals surface area contributed by atoms with E-state index in [9.17, 15) is 19.1 Å². The summed E-state index contributed by atoms with van der Waals surface area (Å²) in [5.41, 5.74) is 0.268. The molecule has 1 amide bonds. The average Bonchev–Trinajstić information content (AvgIpc) is 3.05. The molecule has 1 aromatic heterocycles. The van der Waals surface area contributed by atoms with E-state index in [-0.39, 0.29) is 31.7 Å². The molecular weight excluding hydrogens is 402 g/mol. The number of hydrogen-bond acceptors (Lipinski definition) is 4. The molecule has 0 saturated heterocycles. The van der Waals surface area contributed by atoms with Crippen LogP contribution in [0.4, 0.5) is 4.39 Å². The number of carbonyl (C=O) groups excluding carboxylic acids is 1. The van der Waals surface area contributed by atoms with Crippen LogP contribution in [0, 0.1) is 5.82 Å². The van der Waals surface area contributed by atoms with Crippen molar-refractivity contribution in [2.45, 2.75) is 0 Å². The molecule has 1 aliphatic heterocycles. The number of aromatic hydroxyl groups is 1. The first kappa shape index (κ1) is 17.0. The van der Waals surface area contributed by atoms with E-state index < -0.39 is 22.5 Å². The molecule has 5 nitrogen and oxygen atoms in total. The van der Waals surface area contributed by atoms with Gasteiger partial charge < -0.3 is 5.11 Å². The Kier molecular flexibility index (Phi) is 3.95. The lowest BCUT2D eigenvalue weighted by atomic mass is 10.1. The second-order valence-corrected chi connectivity index (χ2v) is 7.18. The maximum absolute atomic E-state index is 13.6. The van der Waals surface area contributed by atoms with E-state index in [2.05, 4.69) is 4.99 Å². The van der Waals surface area contributed by atoms with Gasteiger partial charge in [0.2, 0.25) is 5.88 Å². The minimum Gasteiger partial charge on any atom is -0.493 e. The molecule has 0 unspecified atom stereocenters. The molecular formula is C17H7Cl2FN2O3S. The van der Waals surface area contributed by atoms with E-state index in [1.807, 2.05) is 0 Å². The van der Waals surface area contributed by atoms with Crippen LogP contribution in [0.2, 0.25) is 10.0 Å². The second-order valence-electron chi connectivity index (χ2n) is 5.41. The molecule has 2 aromatic carbocycles. The highest BCUT2D eigenvalue weighted by molar-refractivity contribution is 7.11. The molecule has 2 heterocycles. The Balaban J connectivity index is 2.00. The predicted octanol–water partition coefficient (Wildman–Crippen LogP) is 2.41. The topological polar surface area (TPSA) is 71.7 Å². The summed E-state index contributed by atoms with van der Waals surface area (Å²) in [5.74, 6) is -1.65. The largest absolute Gasteiger partial charge is 0.493 e. The van der Waals surface area contributed by atoms with E-state index in [1.165, 1.54) is 30.3 Å². The van der Waals surface area contributed by atoms with E-state index in [4.69, 9.17) is 23.2 Å². The smallest absolute Gasteiger partial charge is 0.315 e. The van der Waals surface area contributed by atoms with E-state index >= 15 is 0 Å². The van der Waals surface area contributed by atoms with E-state index in [0.29, 0.717) is 16.4 Å². The fourth-order valence-corrected chi connectivity index (χ4v) is 3.92. The molecule has 130 valence electrons. The van der Waals surface area contributed by atoms with Crippen molar-refractivity contribution in [1.82, 2.24) is 4.57 Å². The molecule has 0 bridgehead atoms. The van der Waals surface area contributed by atoms with Gasteiger partial charge in [-0.1, -0.05) is 34.5 Å². The van der Waals surface area contributed by atoms with Gasteiger partial charge in [0.15, 0.2) is 0 Å². The Morgan fingerprint density at radius 2 is 1.85 bits per heavy atom. The zero-order valence-electron chi connectivity index (χ0n) is 12.7. The third kappa shape index (κ3) is 2.56. The van der Waals surface area contributed by atoms with Crippen LogP contribution in [-0.2, 0) is 4.79 Å². The number of hydrogen-bond donors (Lipinski definition) is 1. The van der Waals surface area contributed by atoms with Gasteiger partial charge in [-0.25, -0.2) is 13.9 Å². The SMILES string of the molecule is O=C1N=c2ccc(F)cc2=C1c1sc(=O)n(-c2ccc(Cl)c(Cl)c2)c1O. The monoisotopic (exact) mass is 408 g/mol. The molecule has 0 aliphatic carbocycles. The third-order valence-electron chi connectivity index (χ3n) is 3.84. The molecule has 0 fully saturated rings. The highest BCUT2D eigenvalue weighted by Crippen LogP contribution is 2.32. The standard InChI is InChI=1S/C17H7Cl2FN2O3S/c18-10-3-2-8(6-11(10)19)22-16(24)14(26-17(22)25)13-9-5-7(20)1-4-12(9)21-15(13)23/h1-6,24H. The molecule has 0 saturated carbocycles. The number of benzene rings is 2. The first-order valence-electron chi connectivity index (χ1n) is 7.20. The highest BCUT2D eigenvalue weighted by Gasteiger charge is 2.27. The lowest BCUT2D eigenvalue weighted by Gasteiger charge is -2.05. The summed E-state index contributed by atoms with van der Waals surface area (Å²) in [7, 11) is 0. The summed E-state index contributed by atoms with van der Waals surface area (Å²) < 4.78 is 14.6. The molecule has 9 heteroatoms. The second kappa shape index (κ2) is 6.05. The van der Waals surface area contributed by atoms with Crippen molar-refractivity contribution in [3.05, 3.63) is 77.4 Å². The molecule has 1 N–H and O–H groups in total. The number of carbonyl (C=O) groups is 1. The van der Waals surface area contributed by atoms with E-state index in [1.54, 1.807) is 0 Å². The van der Waals surface area contributed by atoms with Gasteiger partial charge in [-0.05, 0) is 36.4 Å². The molecule has 26 heavy (non-hydrogen) atoms. The van der Waals surface area contributed by atoms with Crippen molar-refractivity contribution in [3.63, 3.8) is 0 Å². The van der Waals surface area contributed by atoms with Crippen LogP contribution in [0.3, 0.4) is 0 Å². The Labute approximate surface area is 158 Å². The average molecular weight is 409 g/mol. The summed E-state index contributed by atoms with van der Waals surface area (Å²) in [4.78, 5) is 28.0. The van der Waals surface area contributed by atoms with E-state index in [0.717, 1.165) is 10.6 Å². The Hall–Kier alpha value is -2.48. The molecule has 0 atom stereocenters. The predicted molar refractivity (Wildman–Crippen MR) is 96.3 cm³/mol. The summed E-state index contributed by atoms with van der Waals surface area (Å²) in [6, 6.07) is 8.10. The van der Waals surface area contributed by atoms with Crippen LogP contribution in [0.5, 0.6) is 5.88 Å². The minimum absolute atomic E-state index is 0.0131. The maximum Gasteiger partial charge on any atom is 0.315 e. The number of thiazole rings is 1. The zero-order valence-corrected chi connectivity index (χ0v) is 15.0. The Bertz CT molecular complexity index is 1280. The fourth-order valence-electron chi connectivity index (χ4n) is 2.69. The number of aromatic nitrogens is 1. The van der Waals surface area contributed by atoms with Gasteiger partial charge in [0.1, 0.15) is 10.7 Å². The van der Waals surface area contributed by atoms with Gasteiger partial charge in [-0.3, -0.25) is 9.59 Å². The molecule has 0 spiro atoms. The molecule has 3 aromatic rings. The van der Waals surface area contributed by atoms with Gasteiger partial charge in [0, 0.05) is 5.22 Å². The molecule has 0 radical (unpaired) electrons. The van der Waals surface area contributed by atoms with Crippen molar-refractivity contribution in [2.75, 3.05) is 0 Å². The Morgan fingerprint density at radius 3 is 2.58 bits per heavy atom. The summed E-state index contributed by atoms with van der Waals surface area (Å²) in [6.07, 6.45) is 0.